The summed E-state index contributed by atoms with van der Waals surface area (Å²) in [5, 5.41) is 6.66. The first-order valence-electron chi connectivity index (χ1n) is 6.36. The normalized spacial score (nSPS) is 10.9. The summed E-state index contributed by atoms with van der Waals surface area (Å²) in [6.07, 6.45) is 3.42. The van der Waals surface area contributed by atoms with Gasteiger partial charge in [-0.1, -0.05) is 53.1 Å². The lowest BCUT2D eigenvalue weighted by Crippen LogP contribution is -2.36. The van der Waals surface area contributed by atoms with Gasteiger partial charge < -0.3 is 10.2 Å². The fraction of sp³-hybridized carbons (Fsp3) is 0.429. The number of oxime groups is 1. The molecule has 0 fully saturated rings. The molecule has 1 aromatic rings. The molecule has 1 amide bonds. The molecule has 19 heavy (non-hydrogen) atoms. The highest BCUT2D eigenvalue weighted by Crippen LogP contribution is 2.13. The zero-order valence-electron chi connectivity index (χ0n) is 11.2. The molecule has 5 heteroatoms. The average molecular weight is 327 g/mol. The molecule has 0 aliphatic rings. The monoisotopic (exact) mass is 326 g/mol. The van der Waals surface area contributed by atoms with Gasteiger partial charge in [0, 0.05) is 16.1 Å². The Bertz CT molecular complexity index is 431. The van der Waals surface area contributed by atoms with Crippen molar-refractivity contribution in [2.24, 2.45) is 5.16 Å². The SMILES string of the molecule is CCC(CC)NC(=O)CO/N=C\c1ccccc1Br. The van der Waals surface area contributed by atoms with Crippen LogP contribution < -0.4 is 5.32 Å². The molecule has 0 aliphatic heterocycles. The Labute approximate surface area is 122 Å². The average Bonchev–Trinajstić information content (AvgIpc) is 2.42. The molecule has 0 spiro atoms. The fourth-order valence-corrected chi connectivity index (χ4v) is 1.92. The zero-order valence-corrected chi connectivity index (χ0v) is 12.8. The summed E-state index contributed by atoms with van der Waals surface area (Å²) in [6, 6.07) is 7.86. The molecule has 1 aromatic carbocycles. The number of nitrogens with one attached hydrogen (secondary N) is 1. The summed E-state index contributed by atoms with van der Waals surface area (Å²) in [5.74, 6) is -0.141. The first kappa shape index (κ1) is 15.7. The van der Waals surface area contributed by atoms with Gasteiger partial charge in [-0.3, -0.25) is 4.79 Å². The molecule has 0 bridgehead atoms. The van der Waals surface area contributed by atoms with Crippen molar-refractivity contribution >= 4 is 28.1 Å². The van der Waals surface area contributed by atoms with E-state index < -0.39 is 0 Å². The Morgan fingerprint density at radius 2 is 2.11 bits per heavy atom. The molecule has 0 aliphatic carbocycles. The highest BCUT2D eigenvalue weighted by atomic mass is 79.9. The largest absolute Gasteiger partial charge is 0.386 e. The number of nitrogens with zero attached hydrogens (tertiary/aromatic N) is 1. The van der Waals surface area contributed by atoms with Gasteiger partial charge in [-0.25, -0.2) is 0 Å². The van der Waals surface area contributed by atoms with Crippen molar-refractivity contribution in [3.8, 4) is 0 Å². The first-order valence-corrected chi connectivity index (χ1v) is 7.15. The Hall–Kier alpha value is -1.36. The third-order valence-electron chi connectivity index (χ3n) is 2.72. The highest BCUT2D eigenvalue weighted by molar-refractivity contribution is 9.10. The number of hydrogen-bond acceptors (Lipinski definition) is 3. The summed E-state index contributed by atoms with van der Waals surface area (Å²) < 4.78 is 0.934. The van der Waals surface area contributed by atoms with E-state index in [4.69, 9.17) is 4.84 Å². The fourth-order valence-electron chi connectivity index (χ4n) is 1.53. The van der Waals surface area contributed by atoms with Gasteiger partial charge in [0.25, 0.3) is 5.91 Å². The molecule has 1 N–H and O–H groups in total. The Morgan fingerprint density at radius 3 is 2.74 bits per heavy atom. The van der Waals surface area contributed by atoms with Gasteiger partial charge in [-0.2, -0.15) is 0 Å². The van der Waals surface area contributed by atoms with E-state index in [0.717, 1.165) is 22.9 Å². The van der Waals surface area contributed by atoms with E-state index in [1.807, 2.05) is 38.1 Å². The molecule has 0 atom stereocenters. The smallest absolute Gasteiger partial charge is 0.260 e. The van der Waals surface area contributed by atoms with Crippen LogP contribution in [0.3, 0.4) is 0 Å². The van der Waals surface area contributed by atoms with Crippen molar-refractivity contribution in [3.05, 3.63) is 34.3 Å². The van der Waals surface area contributed by atoms with E-state index in [2.05, 4.69) is 26.4 Å². The van der Waals surface area contributed by atoms with Gasteiger partial charge in [0.1, 0.15) is 0 Å². The Balaban J connectivity index is 2.34. The lowest BCUT2D eigenvalue weighted by molar-refractivity contribution is -0.126. The van der Waals surface area contributed by atoms with E-state index in [9.17, 15) is 4.79 Å². The Morgan fingerprint density at radius 1 is 1.42 bits per heavy atom. The van der Waals surface area contributed by atoms with Gasteiger partial charge in [0.15, 0.2) is 6.61 Å². The van der Waals surface area contributed by atoms with Gasteiger partial charge >= 0.3 is 0 Å². The van der Waals surface area contributed by atoms with Crippen LogP contribution >= 0.6 is 15.9 Å². The van der Waals surface area contributed by atoms with Crippen LogP contribution in [0, 0.1) is 0 Å². The second-order valence-electron chi connectivity index (χ2n) is 4.11. The van der Waals surface area contributed by atoms with Crippen LogP contribution in [0.2, 0.25) is 0 Å². The van der Waals surface area contributed by atoms with Crippen molar-refractivity contribution in [1.82, 2.24) is 5.32 Å². The first-order chi connectivity index (χ1) is 9.17. The van der Waals surface area contributed by atoms with E-state index in [0.29, 0.717) is 0 Å². The molecule has 104 valence electrons. The second kappa shape index (κ2) is 8.69. The molecule has 0 saturated carbocycles. The van der Waals surface area contributed by atoms with Gasteiger partial charge in [-0.05, 0) is 18.9 Å². The van der Waals surface area contributed by atoms with E-state index in [1.165, 1.54) is 0 Å². The number of benzene rings is 1. The van der Waals surface area contributed by atoms with Crippen LogP contribution in [-0.4, -0.2) is 24.8 Å². The molecule has 0 saturated heterocycles. The third kappa shape index (κ3) is 5.87. The number of hydrogen-bond donors (Lipinski definition) is 1. The van der Waals surface area contributed by atoms with Crippen LogP contribution in [-0.2, 0) is 9.63 Å². The highest BCUT2D eigenvalue weighted by Gasteiger charge is 2.07. The maximum absolute atomic E-state index is 11.5. The summed E-state index contributed by atoms with van der Waals surface area (Å²) in [6.45, 7) is 4.03. The molecule has 0 aromatic heterocycles. The predicted octanol–water partition coefficient (Wildman–Crippen LogP) is 3.10. The van der Waals surface area contributed by atoms with Crippen LogP contribution in [0.15, 0.2) is 33.9 Å². The zero-order chi connectivity index (χ0) is 14.1. The van der Waals surface area contributed by atoms with Gasteiger partial charge in [0.05, 0.1) is 6.21 Å². The van der Waals surface area contributed by atoms with Crippen molar-refractivity contribution in [2.45, 2.75) is 32.7 Å². The molecular formula is C14H19BrN2O2. The topological polar surface area (TPSA) is 50.7 Å². The molecular weight excluding hydrogens is 308 g/mol. The molecule has 1 rings (SSSR count). The minimum atomic E-state index is -0.141. The standard InChI is InChI=1S/C14H19BrN2O2/c1-3-12(4-2)17-14(18)10-19-16-9-11-7-5-6-8-13(11)15/h5-9,12H,3-4,10H2,1-2H3,(H,17,18)/b16-9-. The Kier molecular flexibility index (Phi) is 7.18. The number of amides is 1. The van der Waals surface area contributed by atoms with E-state index >= 15 is 0 Å². The summed E-state index contributed by atoms with van der Waals surface area (Å²) in [7, 11) is 0. The molecule has 0 heterocycles. The van der Waals surface area contributed by atoms with E-state index in [-0.39, 0.29) is 18.6 Å². The lowest BCUT2D eigenvalue weighted by Gasteiger charge is -2.13. The minimum Gasteiger partial charge on any atom is -0.386 e. The minimum absolute atomic E-state index is 0.0581. The lowest BCUT2D eigenvalue weighted by atomic mass is 10.2. The van der Waals surface area contributed by atoms with Crippen LogP contribution in [0.25, 0.3) is 0 Å². The van der Waals surface area contributed by atoms with Crippen molar-refractivity contribution in [2.75, 3.05) is 6.61 Å². The maximum Gasteiger partial charge on any atom is 0.260 e. The molecule has 4 nitrogen and oxygen atoms in total. The number of carbonyl (C=O) groups is 1. The summed E-state index contributed by atoms with van der Waals surface area (Å²) in [4.78, 5) is 16.5. The van der Waals surface area contributed by atoms with Gasteiger partial charge in [-0.15, -0.1) is 0 Å². The van der Waals surface area contributed by atoms with Crippen molar-refractivity contribution < 1.29 is 9.63 Å². The number of carbonyl (C=O) groups excluding carboxylic acids is 1. The summed E-state index contributed by atoms with van der Waals surface area (Å²) in [5.41, 5.74) is 0.905. The quantitative estimate of drug-likeness (QED) is 0.618. The van der Waals surface area contributed by atoms with Crippen molar-refractivity contribution in [3.63, 3.8) is 0 Å². The number of rotatable bonds is 7. The molecule has 0 radical (unpaired) electrons. The third-order valence-corrected chi connectivity index (χ3v) is 3.44. The van der Waals surface area contributed by atoms with Gasteiger partial charge in [0.2, 0.25) is 0 Å². The predicted molar refractivity (Wildman–Crippen MR) is 80.2 cm³/mol. The number of halogens is 1. The van der Waals surface area contributed by atoms with Crippen LogP contribution in [0.4, 0.5) is 0 Å². The van der Waals surface area contributed by atoms with E-state index in [1.54, 1.807) is 6.21 Å². The van der Waals surface area contributed by atoms with Crippen LogP contribution in [0.5, 0.6) is 0 Å². The summed E-state index contributed by atoms with van der Waals surface area (Å²) >= 11 is 3.40. The molecule has 0 unspecified atom stereocenters. The van der Waals surface area contributed by atoms with Crippen molar-refractivity contribution in [1.29, 1.82) is 0 Å². The maximum atomic E-state index is 11.5. The second-order valence-corrected chi connectivity index (χ2v) is 4.96. The van der Waals surface area contributed by atoms with Crippen LogP contribution in [0.1, 0.15) is 32.3 Å².